The molecular weight excluding hydrogens is 413 g/mol. The van der Waals surface area contributed by atoms with Gasteiger partial charge in [0.25, 0.3) is 0 Å². The second kappa shape index (κ2) is 7.85. The monoisotopic (exact) mass is 430 g/mol. The van der Waals surface area contributed by atoms with Crippen LogP contribution < -0.4 is 10.1 Å². The molecule has 0 spiro atoms. The van der Waals surface area contributed by atoms with Gasteiger partial charge in [0.05, 0.1) is 6.04 Å². The van der Waals surface area contributed by atoms with Gasteiger partial charge in [0.2, 0.25) is 0 Å². The Labute approximate surface area is 157 Å². The SMILES string of the molecule is Oc1ccc(Br)cc1[C@H](c1ccc(OC(F)(F)F)cc1)N1CCNCC1. The Balaban J connectivity index is 1.96. The van der Waals surface area contributed by atoms with Crippen molar-refractivity contribution in [3.63, 3.8) is 0 Å². The average molecular weight is 431 g/mol. The molecule has 0 saturated carbocycles. The lowest BCUT2D eigenvalue weighted by Crippen LogP contribution is -2.45. The molecule has 1 aliphatic heterocycles. The van der Waals surface area contributed by atoms with Gasteiger partial charge in [-0.05, 0) is 35.9 Å². The molecule has 8 heteroatoms. The summed E-state index contributed by atoms with van der Waals surface area (Å²) in [6.45, 7) is 3.13. The summed E-state index contributed by atoms with van der Waals surface area (Å²) in [5, 5.41) is 13.6. The molecule has 1 heterocycles. The van der Waals surface area contributed by atoms with Crippen LogP contribution in [0.5, 0.6) is 11.5 Å². The highest BCUT2D eigenvalue weighted by Gasteiger charge is 2.31. The minimum absolute atomic E-state index is 0.146. The van der Waals surface area contributed by atoms with Crippen molar-refractivity contribution in [2.24, 2.45) is 0 Å². The van der Waals surface area contributed by atoms with Crippen LogP contribution in [0.3, 0.4) is 0 Å². The summed E-state index contributed by atoms with van der Waals surface area (Å²) < 4.78 is 41.9. The number of phenols is 1. The van der Waals surface area contributed by atoms with E-state index >= 15 is 0 Å². The van der Waals surface area contributed by atoms with Gasteiger partial charge in [-0.2, -0.15) is 0 Å². The van der Waals surface area contributed by atoms with E-state index in [9.17, 15) is 18.3 Å². The fraction of sp³-hybridized carbons (Fsp3) is 0.333. The Morgan fingerprint density at radius 2 is 1.73 bits per heavy atom. The number of nitrogens with one attached hydrogen (secondary N) is 1. The smallest absolute Gasteiger partial charge is 0.508 e. The van der Waals surface area contributed by atoms with Crippen LogP contribution in [-0.2, 0) is 0 Å². The second-order valence-corrected chi connectivity index (χ2v) is 6.92. The summed E-state index contributed by atoms with van der Waals surface area (Å²) in [5.74, 6) is -0.119. The maximum Gasteiger partial charge on any atom is 0.573 e. The maximum atomic E-state index is 12.4. The molecule has 1 saturated heterocycles. The number of nitrogens with zero attached hydrogens (tertiary/aromatic N) is 1. The molecule has 26 heavy (non-hydrogen) atoms. The first kappa shape index (κ1) is 19.0. The van der Waals surface area contributed by atoms with E-state index in [0.717, 1.165) is 36.2 Å². The number of benzene rings is 2. The first-order chi connectivity index (χ1) is 12.3. The zero-order valence-corrected chi connectivity index (χ0v) is 15.3. The number of hydrogen-bond acceptors (Lipinski definition) is 4. The lowest BCUT2D eigenvalue weighted by molar-refractivity contribution is -0.274. The number of halogens is 4. The van der Waals surface area contributed by atoms with Gasteiger partial charge in [0, 0.05) is 36.2 Å². The minimum atomic E-state index is -4.72. The standard InChI is InChI=1S/C18H18BrF3N2O2/c19-13-3-6-16(25)15(11-13)17(24-9-7-23-8-10-24)12-1-4-14(5-2-12)26-18(20,21)22/h1-6,11,17,23,25H,7-10H2/t17-/m0/s1. The minimum Gasteiger partial charge on any atom is -0.508 e. The van der Waals surface area contributed by atoms with Crippen LogP contribution in [-0.4, -0.2) is 42.5 Å². The first-order valence-corrected chi connectivity index (χ1v) is 8.92. The Morgan fingerprint density at radius 3 is 2.35 bits per heavy atom. The lowest BCUT2D eigenvalue weighted by Gasteiger charge is -2.36. The fourth-order valence-corrected chi connectivity index (χ4v) is 3.50. The predicted octanol–water partition coefficient (Wildman–Crippen LogP) is 4.05. The molecular formula is C18H18BrF3N2O2. The molecule has 1 atom stereocenters. The molecule has 3 rings (SSSR count). The Hall–Kier alpha value is -1.77. The summed E-state index contributed by atoms with van der Waals surface area (Å²) in [6, 6.07) is 10.7. The molecule has 0 unspecified atom stereocenters. The van der Waals surface area contributed by atoms with Gasteiger partial charge in [-0.1, -0.05) is 28.1 Å². The molecule has 1 aliphatic rings. The molecule has 1 fully saturated rings. The maximum absolute atomic E-state index is 12.4. The van der Waals surface area contributed by atoms with Crippen molar-refractivity contribution in [2.75, 3.05) is 26.2 Å². The molecule has 2 aromatic carbocycles. The van der Waals surface area contributed by atoms with Crippen molar-refractivity contribution in [3.8, 4) is 11.5 Å². The topological polar surface area (TPSA) is 44.7 Å². The van der Waals surface area contributed by atoms with E-state index in [1.165, 1.54) is 12.1 Å². The number of piperazine rings is 1. The Bertz CT molecular complexity index is 747. The normalized spacial score (nSPS) is 17.1. The van der Waals surface area contributed by atoms with Crippen molar-refractivity contribution < 1.29 is 23.0 Å². The number of phenolic OH excluding ortho intramolecular Hbond substituents is 1. The van der Waals surface area contributed by atoms with Gasteiger partial charge in [0.1, 0.15) is 11.5 Å². The number of aromatic hydroxyl groups is 1. The van der Waals surface area contributed by atoms with Gasteiger partial charge < -0.3 is 15.2 Å². The summed E-state index contributed by atoms with van der Waals surface area (Å²) in [6.07, 6.45) is -4.72. The highest BCUT2D eigenvalue weighted by Crippen LogP contribution is 2.37. The zero-order valence-electron chi connectivity index (χ0n) is 13.8. The highest BCUT2D eigenvalue weighted by molar-refractivity contribution is 9.10. The number of alkyl halides is 3. The quantitative estimate of drug-likeness (QED) is 0.767. The third kappa shape index (κ3) is 4.69. The van der Waals surface area contributed by atoms with Crippen LogP contribution in [0, 0.1) is 0 Å². The molecule has 4 nitrogen and oxygen atoms in total. The molecule has 2 N–H and O–H groups in total. The van der Waals surface area contributed by atoms with E-state index in [0.29, 0.717) is 5.56 Å². The van der Waals surface area contributed by atoms with Crippen LogP contribution in [0.1, 0.15) is 17.2 Å². The molecule has 0 amide bonds. The Morgan fingerprint density at radius 1 is 1.08 bits per heavy atom. The summed E-state index contributed by atoms with van der Waals surface area (Å²) in [4.78, 5) is 2.19. The van der Waals surface area contributed by atoms with Crippen LogP contribution in [0.2, 0.25) is 0 Å². The fourth-order valence-electron chi connectivity index (χ4n) is 3.12. The summed E-state index contributed by atoms with van der Waals surface area (Å²) in [5.41, 5.74) is 1.49. The van der Waals surface area contributed by atoms with Crippen LogP contribution in [0.15, 0.2) is 46.9 Å². The number of hydrogen-bond donors (Lipinski definition) is 2. The van der Waals surface area contributed by atoms with Gasteiger partial charge in [0.15, 0.2) is 0 Å². The third-order valence-electron chi connectivity index (χ3n) is 4.23. The van der Waals surface area contributed by atoms with Crippen LogP contribution in [0.25, 0.3) is 0 Å². The predicted molar refractivity (Wildman–Crippen MR) is 95.2 cm³/mol. The molecule has 0 aliphatic carbocycles. The zero-order chi connectivity index (χ0) is 18.7. The van der Waals surface area contributed by atoms with Gasteiger partial charge in [-0.15, -0.1) is 13.2 Å². The van der Waals surface area contributed by atoms with E-state index in [1.54, 1.807) is 24.3 Å². The number of rotatable bonds is 4. The molecule has 0 radical (unpaired) electrons. The summed E-state index contributed by atoms with van der Waals surface area (Å²) >= 11 is 3.42. The second-order valence-electron chi connectivity index (χ2n) is 6.01. The third-order valence-corrected chi connectivity index (χ3v) is 4.72. The van der Waals surface area contributed by atoms with Crippen LogP contribution >= 0.6 is 15.9 Å². The largest absolute Gasteiger partial charge is 0.573 e. The summed E-state index contributed by atoms with van der Waals surface area (Å²) in [7, 11) is 0. The van der Waals surface area contributed by atoms with Crippen LogP contribution in [0.4, 0.5) is 13.2 Å². The molecule has 2 aromatic rings. The molecule has 140 valence electrons. The Kier molecular flexibility index (Phi) is 5.74. The van der Waals surface area contributed by atoms with Crippen molar-refractivity contribution >= 4 is 15.9 Å². The van der Waals surface area contributed by atoms with Crippen molar-refractivity contribution in [3.05, 3.63) is 58.1 Å². The van der Waals surface area contributed by atoms with E-state index < -0.39 is 6.36 Å². The highest BCUT2D eigenvalue weighted by atomic mass is 79.9. The van der Waals surface area contributed by atoms with Crippen molar-refractivity contribution in [2.45, 2.75) is 12.4 Å². The first-order valence-electron chi connectivity index (χ1n) is 8.12. The number of ether oxygens (including phenoxy) is 1. The lowest BCUT2D eigenvalue weighted by atomic mass is 9.95. The van der Waals surface area contributed by atoms with Crippen molar-refractivity contribution in [1.29, 1.82) is 0 Å². The molecule has 0 aromatic heterocycles. The molecule has 0 bridgehead atoms. The average Bonchev–Trinajstić information content (AvgIpc) is 2.59. The van der Waals surface area contributed by atoms with Gasteiger partial charge in [-0.25, -0.2) is 0 Å². The van der Waals surface area contributed by atoms with E-state index in [2.05, 4.69) is 30.9 Å². The van der Waals surface area contributed by atoms with E-state index in [4.69, 9.17) is 0 Å². The van der Waals surface area contributed by atoms with E-state index in [-0.39, 0.29) is 17.5 Å². The van der Waals surface area contributed by atoms with Crippen molar-refractivity contribution in [1.82, 2.24) is 10.2 Å². The van der Waals surface area contributed by atoms with Gasteiger partial charge >= 0.3 is 6.36 Å². The van der Waals surface area contributed by atoms with E-state index in [1.807, 2.05) is 6.07 Å². The van der Waals surface area contributed by atoms with Gasteiger partial charge in [-0.3, -0.25) is 4.90 Å².